The highest BCUT2D eigenvalue weighted by Crippen LogP contribution is 2.33. The number of benzene rings is 1. The number of allylic oxidation sites excluding steroid dienone is 1. The number of anilines is 1. The minimum Gasteiger partial charge on any atom is -0.368 e. The van der Waals surface area contributed by atoms with Crippen molar-refractivity contribution >= 4 is 11.5 Å². The third-order valence-electron chi connectivity index (χ3n) is 3.38. The fourth-order valence-corrected chi connectivity index (χ4v) is 2.32. The van der Waals surface area contributed by atoms with Gasteiger partial charge < -0.3 is 10.3 Å². The second-order valence-electron chi connectivity index (χ2n) is 4.58. The summed E-state index contributed by atoms with van der Waals surface area (Å²) in [5.41, 5.74) is 3.29. The zero-order chi connectivity index (χ0) is 13.4. The molecule has 3 N–H and O–H groups in total. The van der Waals surface area contributed by atoms with E-state index in [1.165, 1.54) is 6.07 Å². The Morgan fingerprint density at radius 2 is 2.00 bits per heavy atom. The smallest absolute Gasteiger partial charge is 0.131 e. The van der Waals surface area contributed by atoms with Crippen LogP contribution >= 0.6 is 0 Å². The molecule has 0 bridgehead atoms. The van der Waals surface area contributed by atoms with Gasteiger partial charge in [-0.1, -0.05) is 24.3 Å². The van der Waals surface area contributed by atoms with Crippen molar-refractivity contribution in [1.29, 1.82) is 5.41 Å². The summed E-state index contributed by atoms with van der Waals surface area (Å²) in [6, 6.07) is 6.63. The predicted octanol–water partition coefficient (Wildman–Crippen LogP) is 3.56. The third kappa shape index (κ3) is 1.85. The number of fused-ring (bicyclic) bond motifs is 1. The second-order valence-corrected chi connectivity index (χ2v) is 4.58. The van der Waals surface area contributed by atoms with E-state index >= 15 is 0 Å². The van der Waals surface area contributed by atoms with Crippen molar-refractivity contribution in [3.05, 3.63) is 53.5 Å². The first kappa shape index (κ1) is 11.7. The van der Waals surface area contributed by atoms with E-state index in [1.54, 1.807) is 24.4 Å². The van der Waals surface area contributed by atoms with Gasteiger partial charge in [-0.2, -0.15) is 0 Å². The van der Waals surface area contributed by atoms with Crippen molar-refractivity contribution in [2.45, 2.75) is 6.92 Å². The Morgan fingerprint density at radius 3 is 2.79 bits per heavy atom. The van der Waals surface area contributed by atoms with Crippen molar-refractivity contribution in [1.82, 2.24) is 4.98 Å². The summed E-state index contributed by atoms with van der Waals surface area (Å²) in [7, 11) is 0. The van der Waals surface area contributed by atoms with E-state index in [-0.39, 0.29) is 5.82 Å². The lowest BCUT2D eigenvalue weighted by Gasteiger charge is -2.08. The van der Waals surface area contributed by atoms with E-state index in [9.17, 15) is 4.39 Å². The number of hydrogen-bond acceptors (Lipinski definition) is 2. The highest BCUT2D eigenvalue weighted by molar-refractivity contribution is 6.17. The average Bonchev–Trinajstić information content (AvgIpc) is 2.76. The number of aromatic nitrogens is 1. The molecule has 0 fully saturated rings. The lowest BCUT2D eigenvalue weighted by atomic mass is 9.97. The van der Waals surface area contributed by atoms with Crippen LogP contribution in [0.25, 0.3) is 11.1 Å². The number of H-pyrrole nitrogens is 1. The van der Waals surface area contributed by atoms with Gasteiger partial charge in [-0.3, -0.25) is 5.41 Å². The number of hydrogen-bond donors (Lipinski definition) is 3. The van der Waals surface area contributed by atoms with Crippen LogP contribution in [0.5, 0.6) is 0 Å². The van der Waals surface area contributed by atoms with Crippen LogP contribution in [0.3, 0.4) is 0 Å². The molecule has 3 rings (SSSR count). The molecule has 96 valence electrons. The molecule has 0 atom stereocenters. The highest BCUT2D eigenvalue weighted by Gasteiger charge is 2.21. The molecule has 0 unspecified atom stereocenters. The Labute approximate surface area is 110 Å². The SMILES string of the molecule is CC1=CCNc2[nH]cc(-c3ccccc3F)c2C1=N. The number of aromatic amines is 1. The van der Waals surface area contributed by atoms with Gasteiger partial charge in [-0.25, -0.2) is 4.39 Å². The molecule has 1 aliphatic heterocycles. The maximum absolute atomic E-state index is 13.9. The van der Waals surface area contributed by atoms with Gasteiger partial charge in [-0.15, -0.1) is 0 Å². The van der Waals surface area contributed by atoms with Crippen molar-refractivity contribution in [3.63, 3.8) is 0 Å². The standard InChI is InChI=1S/C15H14FN3/c1-9-6-7-18-15-13(14(9)17)11(8-19-15)10-4-2-3-5-12(10)16/h2-6,8,17-19H,7H2,1H3. The number of rotatable bonds is 1. The molecule has 3 nitrogen and oxygen atoms in total. The van der Waals surface area contributed by atoms with Crippen molar-refractivity contribution in [3.8, 4) is 11.1 Å². The van der Waals surface area contributed by atoms with E-state index in [0.29, 0.717) is 17.8 Å². The summed E-state index contributed by atoms with van der Waals surface area (Å²) in [5, 5.41) is 11.4. The maximum Gasteiger partial charge on any atom is 0.131 e. The number of halogens is 1. The van der Waals surface area contributed by atoms with E-state index in [1.807, 2.05) is 13.0 Å². The molecular formula is C15H14FN3. The van der Waals surface area contributed by atoms with Crippen LogP contribution in [0.15, 0.2) is 42.1 Å². The summed E-state index contributed by atoms with van der Waals surface area (Å²) in [6.45, 7) is 2.57. The van der Waals surface area contributed by atoms with Crippen LogP contribution in [-0.4, -0.2) is 17.2 Å². The molecule has 1 aromatic heterocycles. The normalized spacial score (nSPS) is 14.4. The fourth-order valence-electron chi connectivity index (χ4n) is 2.32. The van der Waals surface area contributed by atoms with Gasteiger partial charge in [0.05, 0.1) is 5.71 Å². The van der Waals surface area contributed by atoms with Crippen molar-refractivity contribution < 1.29 is 4.39 Å². The lowest BCUT2D eigenvalue weighted by Crippen LogP contribution is -2.02. The Bertz CT molecular complexity index is 682. The van der Waals surface area contributed by atoms with Crippen molar-refractivity contribution in [2.75, 3.05) is 11.9 Å². The topological polar surface area (TPSA) is 51.7 Å². The van der Waals surface area contributed by atoms with E-state index < -0.39 is 0 Å². The van der Waals surface area contributed by atoms with Gasteiger partial charge in [0.2, 0.25) is 0 Å². The second kappa shape index (κ2) is 4.39. The quantitative estimate of drug-likeness (QED) is 0.717. The summed E-state index contributed by atoms with van der Waals surface area (Å²) < 4.78 is 13.9. The van der Waals surface area contributed by atoms with Gasteiger partial charge >= 0.3 is 0 Å². The predicted molar refractivity (Wildman–Crippen MR) is 75.3 cm³/mol. The van der Waals surface area contributed by atoms with Crippen LogP contribution in [0.4, 0.5) is 10.2 Å². The summed E-state index contributed by atoms with van der Waals surface area (Å²) >= 11 is 0. The molecule has 0 amide bonds. The van der Waals surface area contributed by atoms with Crippen LogP contribution in [0.2, 0.25) is 0 Å². The van der Waals surface area contributed by atoms with E-state index in [0.717, 1.165) is 22.5 Å². The minimum absolute atomic E-state index is 0.275. The summed E-state index contributed by atoms with van der Waals surface area (Å²) in [4.78, 5) is 3.09. The summed E-state index contributed by atoms with van der Waals surface area (Å²) in [5.74, 6) is 0.499. The Hall–Kier alpha value is -2.36. The largest absolute Gasteiger partial charge is 0.368 e. The molecule has 4 heteroatoms. The van der Waals surface area contributed by atoms with Gasteiger partial charge in [-0.05, 0) is 18.6 Å². The first-order valence-corrected chi connectivity index (χ1v) is 6.14. The molecule has 19 heavy (non-hydrogen) atoms. The zero-order valence-electron chi connectivity index (χ0n) is 10.5. The molecular weight excluding hydrogens is 241 g/mol. The minimum atomic E-state index is -0.275. The van der Waals surface area contributed by atoms with Gasteiger partial charge in [0.1, 0.15) is 11.6 Å². The van der Waals surface area contributed by atoms with Gasteiger partial charge in [0.15, 0.2) is 0 Å². The molecule has 0 saturated heterocycles. The summed E-state index contributed by atoms with van der Waals surface area (Å²) in [6.07, 6.45) is 3.71. The first-order chi connectivity index (χ1) is 9.18. The zero-order valence-corrected chi connectivity index (χ0v) is 10.5. The molecule has 2 aromatic rings. The molecule has 1 aromatic carbocycles. The van der Waals surface area contributed by atoms with Crippen molar-refractivity contribution in [2.24, 2.45) is 0 Å². The first-order valence-electron chi connectivity index (χ1n) is 6.14. The molecule has 1 aliphatic rings. The molecule has 0 spiro atoms. The van der Waals surface area contributed by atoms with Gasteiger partial charge in [0.25, 0.3) is 0 Å². The molecule has 0 radical (unpaired) electrons. The highest BCUT2D eigenvalue weighted by atomic mass is 19.1. The Morgan fingerprint density at radius 1 is 1.21 bits per heavy atom. The molecule has 0 saturated carbocycles. The average molecular weight is 255 g/mol. The third-order valence-corrected chi connectivity index (χ3v) is 3.38. The monoisotopic (exact) mass is 255 g/mol. The molecule has 2 heterocycles. The van der Waals surface area contributed by atoms with E-state index in [2.05, 4.69) is 10.3 Å². The van der Waals surface area contributed by atoms with Gasteiger partial charge in [0, 0.05) is 29.4 Å². The van der Waals surface area contributed by atoms with Crippen LogP contribution in [0, 0.1) is 11.2 Å². The van der Waals surface area contributed by atoms with Crippen LogP contribution in [0.1, 0.15) is 12.5 Å². The van der Waals surface area contributed by atoms with E-state index in [4.69, 9.17) is 5.41 Å². The Kier molecular flexibility index (Phi) is 2.71. The fraction of sp³-hybridized carbons (Fsp3) is 0.133. The van der Waals surface area contributed by atoms with Crippen LogP contribution < -0.4 is 5.32 Å². The lowest BCUT2D eigenvalue weighted by molar-refractivity contribution is 0.631. The Balaban J connectivity index is 2.21. The maximum atomic E-state index is 13.9. The molecule has 0 aliphatic carbocycles. The number of nitrogens with one attached hydrogen (secondary N) is 3. The van der Waals surface area contributed by atoms with Crippen LogP contribution in [-0.2, 0) is 0 Å².